The van der Waals surface area contributed by atoms with Crippen molar-refractivity contribution in [3.63, 3.8) is 0 Å². The Morgan fingerprint density at radius 3 is 2.48 bits per heavy atom. The van der Waals surface area contributed by atoms with E-state index >= 15 is 0 Å². The Morgan fingerprint density at radius 2 is 1.81 bits per heavy atom. The van der Waals surface area contributed by atoms with E-state index < -0.39 is 12.0 Å². The molecule has 0 radical (unpaired) electrons. The fraction of sp³-hybridized carbons (Fsp3) is 0.200. The number of thiophene rings is 1. The predicted octanol–water partition coefficient (Wildman–Crippen LogP) is 1.56. The van der Waals surface area contributed by atoms with Crippen molar-refractivity contribution >= 4 is 23.2 Å². The first-order valence-corrected chi connectivity index (χ1v) is 7.41. The molecule has 0 aliphatic heterocycles. The van der Waals surface area contributed by atoms with E-state index in [0.29, 0.717) is 5.56 Å². The highest BCUT2D eigenvalue weighted by Gasteiger charge is 2.13. The van der Waals surface area contributed by atoms with Crippen molar-refractivity contribution < 1.29 is 14.7 Å². The summed E-state index contributed by atoms with van der Waals surface area (Å²) in [6, 6.07) is 10.8. The topological polar surface area (TPSA) is 78.4 Å². The molecule has 0 aliphatic carbocycles. The number of hydrogen-bond acceptors (Lipinski definition) is 4. The maximum atomic E-state index is 11.6. The number of nitrogens with one attached hydrogen (secondary N) is 2. The minimum atomic E-state index is -0.889. The lowest BCUT2D eigenvalue weighted by Crippen LogP contribution is -2.42. The van der Waals surface area contributed by atoms with Gasteiger partial charge in [0.05, 0.1) is 18.9 Å². The van der Waals surface area contributed by atoms with Gasteiger partial charge >= 0.3 is 0 Å². The van der Waals surface area contributed by atoms with Crippen LogP contribution in [0.15, 0.2) is 47.2 Å². The van der Waals surface area contributed by atoms with Crippen molar-refractivity contribution in [3.8, 4) is 0 Å². The van der Waals surface area contributed by atoms with Crippen LogP contribution in [-0.2, 0) is 16.0 Å². The molecular weight excluding hydrogens is 288 g/mol. The second-order valence-corrected chi connectivity index (χ2v) is 5.32. The molecule has 110 valence electrons. The van der Waals surface area contributed by atoms with Crippen molar-refractivity contribution in [3.05, 3.63) is 58.3 Å². The number of hydrogen-bond donors (Lipinski definition) is 3. The number of aliphatic hydroxyl groups is 1. The van der Waals surface area contributed by atoms with Gasteiger partial charge in [-0.2, -0.15) is 11.3 Å². The third kappa shape index (κ3) is 5.02. The average Bonchev–Trinajstić information content (AvgIpc) is 2.99. The van der Waals surface area contributed by atoms with Crippen LogP contribution in [0.25, 0.3) is 0 Å². The summed E-state index contributed by atoms with van der Waals surface area (Å²) in [6.45, 7) is 0. The molecule has 0 aliphatic rings. The molecule has 2 aromatic rings. The van der Waals surface area contributed by atoms with Crippen LogP contribution in [0.2, 0.25) is 0 Å². The quantitative estimate of drug-likeness (QED) is 0.734. The monoisotopic (exact) mass is 304 g/mol. The third-order valence-corrected chi connectivity index (χ3v) is 3.58. The third-order valence-electron chi connectivity index (χ3n) is 2.85. The first-order valence-electron chi connectivity index (χ1n) is 6.47. The maximum Gasteiger partial charge on any atom is 0.242 e. The van der Waals surface area contributed by atoms with Gasteiger partial charge in [0, 0.05) is 0 Å². The minimum Gasteiger partial charge on any atom is -0.388 e. The maximum absolute atomic E-state index is 11.6. The van der Waals surface area contributed by atoms with E-state index in [0.717, 1.165) is 5.56 Å². The molecule has 5 nitrogen and oxygen atoms in total. The Balaban J connectivity index is 1.73. The van der Waals surface area contributed by atoms with E-state index in [1.807, 2.05) is 22.9 Å². The van der Waals surface area contributed by atoms with Crippen LogP contribution < -0.4 is 10.9 Å². The van der Waals surface area contributed by atoms with Crippen LogP contribution in [0.5, 0.6) is 0 Å². The summed E-state index contributed by atoms with van der Waals surface area (Å²) < 4.78 is 0. The van der Waals surface area contributed by atoms with Gasteiger partial charge in [0.25, 0.3) is 0 Å². The summed E-state index contributed by atoms with van der Waals surface area (Å²) in [6.07, 6.45) is -0.784. The van der Waals surface area contributed by atoms with Gasteiger partial charge in [-0.1, -0.05) is 30.3 Å². The molecule has 3 N–H and O–H groups in total. The summed E-state index contributed by atoms with van der Waals surface area (Å²) in [4.78, 5) is 23.2. The summed E-state index contributed by atoms with van der Waals surface area (Å²) >= 11 is 1.51. The van der Waals surface area contributed by atoms with Gasteiger partial charge in [0.15, 0.2) is 0 Å². The fourth-order valence-corrected chi connectivity index (χ4v) is 2.45. The van der Waals surface area contributed by atoms with Crippen molar-refractivity contribution in [2.75, 3.05) is 0 Å². The molecule has 2 amide bonds. The largest absolute Gasteiger partial charge is 0.388 e. The molecule has 0 bridgehead atoms. The smallest absolute Gasteiger partial charge is 0.242 e. The Kier molecular flexibility index (Phi) is 5.48. The van der Waals surface area contributed by atoms with E-state index in [2.05, 4.69) is 10.9 Å². The summed E-state index contributed by atoms with van der Waals surface area (Å²) in [7, 11) is 0. The van der Waals surface area contributed by atoms with Crippen LogP contribution in [0.1, 0.15) is 23.7 Å². The summed E-state index contributed by atoms with van der Waals surface area (Å²) in [5.41, 5.74) is 6.20. The highest BCUT2D eigenvalue weighted by molar-refractivity contribution is 7.07. The Labute approximate surface area is 126 Å². The summed E-state index contributed by atoms with van der Waals surface area (Å²) in [5.74, 6) is -0.735. The number of benzene rings is 1. The Hall–Kier alpha value is -2.18. The van der Waals surface area contributed by atoms with E-state index in [1.54, 1.807) is 24.3 Å². The standard InChI is InChI=1S/C15H16N2O3S/c18-13(12-4-2-1-3-5-12)9-15(20)17-16-14(19)8-11-6-7-21-10-11/h1-7,10,13,18H,8-9H2,(H,16,19)(H,17,20). The molecule has 2 rings (SSSR count). The molecule has 0 saturated carbocycles. The zero-order chi connectivity index (χ0) is 15.1. The molecule has 1 heterocycles. The Bertz CT molecular complexity index is 584. The number of aliphatic hydroxyl groups excluding tert-OH is 1. The lowest BCUT2D eigenvalue weighted by molar-refractivity contribution is -0.129. The van der Waals surface area contributed by atoms with E-state index in [-0.39, 0.29) is 18.7 Å². The SMILES string of the molecule is O=C(Cc1ccsc1)NNC(=O)CC(O)c1ccccc1. The van der Waals surface area contributed by atoms with Gasteiger partial charge in [-0.05, 0) is 28.0 Å². The van der Waals surface area contributed by atoms with Gasteiger partial charge < -0.3 is 5.11 Å². The van der Waals surface area contributed by atoms with Crippen LogP contribution in [0.4, 0.5) is 0 Å². The normalized spacial score (nSPS) is 11.7. The molecule has 0 fully saturated rings. The van der Waals surface area contributed by atoms with Gasteiger partial charge in [0.1, 0.15) is 0 Å². The van der Waals surface area contributed by atoms with E-state index in [4.69, 9.17) is 0 Å². The molecule has 0 spiro atoms. The predicted molar refractivity (Wildman–Crippen MR) is 80.3 cm³/mol. The van der Waals surface area contributed by atoms with Crippen molar-refractivity contribution in [2.24, 2.45) is 0 Å². The molecule has 6 heteroatoms. The number of carbonyl (C=O) groups excluding carboxylic acids is 2. The number of amides is 2. The van der Waals surface area contributed by atoms with Crippen LogP contribution >= 0.6 is 11.3 Å². The second kappa shape index (κ2) is 7.56. The van der Waals surface area contributed by atoms with Crippen molar-refractivity contribution in [1.29, 1.82) is 0 Å². The van der Waals surface area contributed by atoms with Crippen molar-refractivity contribution in [1.82, 2.24) is 10.9 Å². The lowest BCUT2D eigenvalue weighted by Gasteiger charge is -2.11. The van der Waals surface area contributed by atoms with Crippen LogP contribution in [0.3, 0.4) is 0 Å². The molecule has 0 saturated heterocycles. The zero-order valence-corrected chi connectivity index (χ0v) is 12.1. The first-order chi connectivity index (χ1) is 10.1. The van der Waals surface area contributed by atoms with Crippen LogP contribution in [0, 0.1) is 0 Å². The lowest BCUT2D eigenvalue weighted by atomic mass is 10.1. The van der Waals surface area contributed by atoms with E-state index in [1.165, 1.54) is 11.3 Å². The van der Waals surface area contributed by atoms with Gasteiger partial charge in [0.2, 0.25) is 11.8 Å². The highest BCUT2D eigenvalue weighted by atomic mass is 32.1. The summed E-state index contributed by atoms with van der Waals surface area (Å²) in [5, 5.41) is 13.7. The Morgan fingerprint density at radius 1 is 1.10 bits per heavy atom. The van der Waals surface area contributed by atoms with E-state index in [9.17, 15) is 14.7 Å². The molecule has 1 aromatic carbocycles. The molecule has 1 unspecified atom stereocenters. The average molecular weight is 304 g/mol. The fourth-order valence-electron chi connectivity index (χ4n) is 1.78. The molecule has 1 aromatic heterocycles. The zero-order valence-electron chi connectivity index (χ0n) is 11.3. The number of rotatable bonds is 5. The molecule has 21 heavy (non-hydrogen) atoms. The van der Waals surface area contributed by atoms with Gasteiger partial charge in [-0.25, -0.2) is 0 Å². The second-order valence-electron chi connectivity index (χ2n) is 4.54. The molecule has 1 atom stereocenters. The van der Waals surface area contributed by atoms with Gasteiger partial charge in [-0.3, -0.25) is 20.4 Å². The van der Waals surface area contributed by atoms with Crippen LogP contribution in [-0.4, -0.2) is 16.9 Å². The minimum absolute atomic E-state index is 0.108. The first kappa shape index (κ1) is 15.2. The van der Waals surface area contributed by atoms with Crippen molar-refractivity contribution in [2.45, 2.75) is 18.9 Å². The molecular formula is C15H16N2O3S. The number of carbonyl (C=O) groups is 2. The van der Waals surface area contributed by atoms with Gasteiger partial charge in [-0.15, -0.1) is 0 Å². The number of hydrazine groups is 1. The highest BCUT2D eigenvalue weighted by Crippen LogP contribution is 2.15.